The molecule has 0 unspecified atom stereocenters. The Morgan fingerprint density at radius 2 is 2.00 bits per heavy atom. The number of alkyl halides is 1. The van der Waals surface area contributed by atoms with Gasteiger partial charge in [0.2, 0.25) is 5.78 Å². The van der Waals surface area contributed by atoms with Crippen molar-refractivity contribution in [2.45, 2.75) is 12.4 Å². The molecule has 3 heterocycles. The summed E-state index contributed by atoms with van der Waals surface area (Å²) < 4.78 is 3.51. The van der Waals surface area contributed by atoms with E-state index in [1.54, 1.807) is 15.9 Å². The zero-order chi connectivity index (χ0) is 15.1. The summed E-state index contributed by atoms with van der Waals surface area (Å²) in [6.07, 6.45) is 0. The number of fused-ring (bicyclic) bond motifs is 3. The van der Waals surface area contributed by atoms with Crippen LogP contribution in [0.25, 0.3) is 16.7 Å². The van der Waals surface area contributed by atoms with Gasteiger partial charge < -0.3 is 0 Å². The first-order valence-corrected chi connectivity index (χ1v) is 8.15. The van der Waals surface area contributed by atoms with Crippen LogP contribution in [0.15, 0.2) is 46.6 Å². The van der Waals surface area contributed by atoms with Crippen LogP contribution in [0, 0.1) is 0 Å². The molecule has 4 aromatic rings. The summed E-state index contributed by atoms with van der Waals surface area (Å²) in [6.45, 7) is 0.477. The maximum absolute atomic E-state index is 12.8. The molecule has 4 rings (SSSR count). The Balaban J connectivity index is 2.12. The van der Waals surface area contributed by atoms with E-state index in [-0.39, 0.29) is 11.4 Å². The Hall–Kier alpha value is -2.18. The number of aromatic nitrogens is 4. The van der Waals surface area contributed by atoms with E-state index < -0.39 is 0 Å². The van der Waals surface area contributed by atoms with Gasteiger partial charge in [-0.1, -0.05) is 18.2 Å². The first kappa shape index (κ1) is 13.5. The molecule has 5 nitrogen and oxygen atoms in total. The van der Waals surface area contributed by atoms with Gasteiger partial charge in [-0.15, -0.1) is 33.1 Å². The summed E-state index contributed by atoms with van der Waals surface area (Å²) in [5, 5.41) is 10.9. The molecule has 3 aromatic heterocycles. The van der Waals surface area contributed by atoms with Crippen LogP contribution in [0.5, 0.6) is 0 Å². The summed E-state index contributed by atoms with van der Waals surface area (Å²) in [5.41, 5.74) is 0.718. The average molecular weight is 331 g/mol. The lowest BCUT2D eigenvalue weighted by Gasteiger charge is -2.10. The smallest absolute Gasteiger partial charge is 0.263 e. The highest BCUT2D eigenvalue weighted by Crippen LogP contribution is 2.17. The van der Waals surface area contributed by atoms with Gasteiger partial charge in [0.1, 0.15) is 0 Å². The Morgan fingerprint density at radius 1 is 1.14 bits per heavy atom. The molecule has 0 aliphatic heterocycles. The van der Waals surface area contributed by atoms with E-state index >= 15 is 0 Å². The number of halogens is 1. The number of thiophene rings is 1. The minimum absolute atomic E-state index is 0.0648. The minimum atomic E-state index is -0.0648. The van der Waals surface area contributed by atoms with Crippen LogP contribution >= 0.6 is 22.9 Å². The topological polar surface area (TPSA) is 52.2 Å². The lowest BCUT2D eigenvalue weighted by atomic mass is 10.2. The van der Waals surface area contributed by atoms with Crippen LogP contribution in [0.3, 0.4) is 0 Å². The predicted molar refractivity (Wildman–Crippen MR) is 87.7 cm³/mol. The first-order valence-electron chi connectivity index (χ1n) is 6.73. The molecular weight excluding hydrogens is 320 g/mol. The molecule has 0 spiro atoms. The van der Waals surface area contributed by atoms with E-state index in [1.165, 1.54) is 0 Å². The van der Waals surface area contributed by atoms with Gasteiger partial charge in [-0.25, -0.2) is 0 Å². The third-order valence-electron chi connectivity index (χ3n) is 3.59. The standard InChI is InChI=1S/C15H11ClN4OS/c16-8-13-17-18-15-19(9-10-4-3-7-22-10)14(21)11-5-1-2-6-12(11)20(13)15/h1-7H,8-9H2. The molecule has 0 aliphatic rings. The maximum Gasteiger partial charge on any atom is 0.263 e. The van der Waals surface area contributed by atoms with E-state index in [0.717, 1.165) is 10.4 Å². The lowest BCUT2D eigenvalue weighted by Crippen LogP contribution is -2.23. The summed E-state index contributed by atoms with van der Waals surface area (Å²) in [7, 11) is 0. The van der Waals surface area contributed by atoms with E-state index in [1.807, 2.05) is 46.2 Å². The second-order valence-corrected chi connectivity index (χ2v) is 6.17. The molecule has 110 valence electrons. The van der Waals surface area contributed by atoms with E-state index in [2.05, 4.69) is 10.2 Å². The lowest BCUT2D eigenvalue weighted by molar-refractivity contribution is 0.775. The highest BCUT2D eigenvalue weighted by Gasteiger charge is 2.16. The minimum Gasteiger partial charge on any atom is -0.271 e. The molecule has 0 bridgehead atoms. The Kier molecular flexibility index (Phi) is 3.20. The van der Waals surface area contributed by atoms with Crippen molar-refractivity contribution in [2.75, 3.05) is 0 Å². The Labute approximate surface area is 134 Å². The fourth-order valence-electron chi connectivity index (χ4n) is 2.60. The summed E-state index contributed by atoms with van der Waals surface area (Å²) in [6, 6.07) is 11.4. The van der Waals surface area contributed by atoms with Crippen LogP contribution in [0.1, 0.15) is 10.7 Å². The largest absolute Gasteiger partial charge is 0.271 e. The summed E-state index contributed by atoms with van der Waals surface area (Å²) in [5.74, 6) is 1.39. The maximum atomic E-state index is 12.8. The molecule has 0 N–H and O–H groups in total. The van der Waals surface area contributed by atoms with Gasteiger partial charge in [-0.2, -0.15) is 0 Å². The molecule has 0 amide bonds. The number of rotatable bonds is 3. The van der Waals surface area contributed by atoms with Crippen LogP contribution in [0.2, 0.25) is 0 Å². The van der Waals surface area contributed by atoms with Crippen LogP contribution in [-0.2, 0) is 12.4 Å². The first-order chi connectivity index (χ1) is 10.8. The van der Waals surface area contributed by atoms with Gasteiger partial charge in [0, 0.05) is 4.88 Å². The van der Waals surface area contributed by atoms with Crippen molar-refractivity contribution in [3.8, 4) is 0 Å². The molecule has 0 saturated carbocycles. The van der Waals surface area contributed by atoms with Gasteiger partial charge in [0.15, 0.2) is 5.82 Å². The molecule has 0 saturated heterocycles. The van der Waals surface area contributed by atoms with Crippen molar-refractivity contribution in [1.29, 1.82) is 0 Å². The second-order valence-electron chi connectivity index (χ2n) is 4.87. The van der Waals surface area contributed by atoms with Crippen molar-refractivity contribution in [1.82, 2.24) is 19.2 Å². The predicted octanol–water partition coefficient (Wildman–Crippen LogP) is 2.89. The number of nitrogens with zero attached hydrogens (tertiary/aromatic N) is 4. The fourth-order valence-corrected chi connectivity index (χ4v) is 3.47. The van der Waals surface area contributed by atoms with Gasteiger partial charge >= 0.3 is 0 Å². The highest BCUT2D eigenvalue weighted by molar-refractivity contribution is 7.09. The molecule has 0 atom stereocenters. The van der Waals surface area contributed by atoms with Gasteiger partial charge in [0.05, 0.1) is 23.3 Å². The monoisotopic (exact) mass is 330 g/mol. The fraction of sp³-hybridized carbons (Fsp3) is 0.133. The molecule has 1 aromatic carbocycles. The number of hydrogen-bond acceptors (Lipinski definition) is 4. The second kappa shape index (κ2) is 5.23. The molecule has 0 fully saturated rings. The Morgan fingerprint density at radius 3 is 2.77 bits per heavy atom. The summed E-state index contributed by atoms with van der Waals surface area (Å²) in [4.78, 5) is 13.9. The van der Waals surface area contributed by atoms with Crippen molar-refractivity contribution < 1.29 is 0 Å². The quantitative estimate of drug-likeness (QED) is 0.543. The molecule has 0 radical (unpaired) electrons. The van der Waals surface area contributed by atoms with Gasteiger partial charge in [-0.05, 0) is 23.6 Å². The average Bonchev–Trinajstić information content (AvgIpc) is 3.20. The normalized spacial score (nSPS) is 11.5. The van der Waals surface area contributed by atoms with E-state index in [0.29, 0.717) is 23.5 Å². The summed E-state index contributed by atoms with van der Waals surface area (Å²) >= 11 is 7.58. The third kappa shape index (κ3) is 1.95. The number of hydrogen-bond donors (Lipinski definition) is 0. The van der Waals surface area contributed by atoms with Crippen molar-refractivity contribution in [2.24, 2.45) is 0 Å². The molecule has 7 heteroatoms. The zero-order valence-corrected chi connectivity index (χ0v) is 13.0. The molecular formula is C15H11ClN4OS. The third-order valence-corrected chi connectivity index (χ3v) is 4.69. The number of para-hydroxylation sites is 1. The number of benzene rings is 1. The van der Waals surface area contributed by atoms with E-state index in [9.17, 15) is 4.79 Å². The van der Waals surface area contributed by atoms with Crippen LogP contribution in [-0.4, -0.2) is 19.2 Å². The van der Waals surface area contributed by atoms with E-state index in [4.69, 9.17) is 11.6 Å². The highest BCUT2D eigenvalue weighted by atomic mass is 35.5. The molecule has 0 aliphatic carbocycles. The van der Waals surface area contributed by atoms with Crippen molar-refractivity contribution in [3.63, 3.8) is 0 Å². The zero-order valence-electron chi connectivity index (χ0n) is 11.4. The van der Waals surface area contributed by atoms with Gasteiger partial charge in [-0.3, -0.25) is 13.8 Å². The van der Waals surface area contributed by atoms with Crippen molar-refractivity contribution in [3.05, 3.63) is 62.8 Å². The van der Waals surface area contributed by atoms with Crippen LogP contribution in [0.4, 0.5) is 0 Å². The SMILES string of the molecule is O=c1c2ccccc2n2c(CCl)nnc2n1Cc1cccs1. The van der Waals surface area contributed by atoms with Gasteiger partial charge in [0.25, 0.3) is 5.56 Å². The molecule has 22 heavy (non-hydrogen) atoms. The van der Waals surface area contributed by atoms with Crippen LogP contribution < -0.4 is 5.56 Å². The van der Waals surface area contributed by atoms with Crippen molar-refractivity contribution >= 4 is 39.6 Å². The Bertz CT molecular complexity index is 1020.